The maximum Gasteiger partial charge on any atom is 0.258 e. The molecule has 0 saturated heterocycles. The number of anilines is 2. The van der Waals surface area contributed by atoms with Gasteiger partial charge in [0, 0.05) is 12.1 Å². The van der Waals surface area contributed by atoms with Crippen LogP contribution < -0.4 is 10.6 Å². The average molecular weight is 263 g/mol. The first kappa shape index (κ1) is 12.2. The minimum absolute atomic E-state index is 0.0387. The molecule has 0 atom stereocenters. The third kappa shape index (κ3) is 1.90. The van der Waals surface area contributed by atoms with Crippen LogP contribution in [0.25, 0.3) is 0 Å². The van der Waals surface area contributed by atoms with Crippen molar-refractivity contribution in [3.05, 3.63) is 59.2 Å². The number of nitrogen functional groups attached to an aromatic ring is 1. The van der Waals surface area contributed by atoms with Crippen LogP contribution in [0.4, 0.5) is 11.4 Å². The summed E-state index contributed by atoms with van der Waals surface area (Å²) in [4.78, 5) is 14.2. The molecular formula is C16H13N3O. The SMILES string of the molecule is N#Cc1ccc(N2CCc3ccccc3C2=O)c(N)c1. The van der Waals surface area contributed by atoms with Crippen molar-refractivity contribution in [3.63, 3.8) is 0 Å². The van der Waals surface area contributed by atoms with Crippen molar-refractivity contribution >= 4 is 17.3 Å². The number of benzene rings is 2. The van der Waals surface area contributed by atoms with Crippen LogP contribution in [0.15, 0.2) is 42.5 Å². The highest BCUT2D eigenvalue weighted by Crippen LogP contribution is 2.29. The molecule has 2 N–H and O–H groups in total. The number of nitrogens with zero attached hydrogens (tertiary/aromatic N) is 2. The number of nitriles is 1. The van der Waals surface area contributed by atoms with Crippen LogP contribution in [0, 0.1) is 11.3 Å². The van der Waals surface area contributed by atoms with Gasteiger partial charge in [0.25, 0.3) is 5.91 Å². The summed E-state index contributed by atoms with van der Waals surface area (Å²) in [5, 5.41) is 8.86. The first-order valence-corrected chi connectivity index (χ1v) is 6.40. The largest absolute Gasteiger partial charge is 0.397 e. The Bertz CT molecular complexity index is 731. The fourth-order valence-electron chi connectivity index (χ4n) is 2.53. The summed E-state index contributed by atoms with van der Waals surface area (Å²) in [6, 6.07) is 14.7. The molecular weight excluding hydrogens is 250 g/mol. The predicted octanol–water partition coefficient (Wildman–Crippen LogP) is 2.34. The Kier molecular flexibility index (Phi) is 2.88. The number of hydrogen-bond acceptors (Lipinski definition) is 3. The number of rotatable bonds is 1. The smallest absolute Gasteiger partial charge is 0.258 e. The lowest BCUT2D eigenvalue weighted by Gasteiger charge is -2.29. The molecule has 1 aliphatic heterocycles. The van der Waals surface area contributed by atoms with Crippen molar-refractivity contribution in [1.29, 1.82) is 5.26 Å². The zero-order valence-electron chi connectivity index (χ0n) is 10.8. The fraction of sp³-hybridized carbons (Fsp3) is 0.125. The summed E-state index contributed by atoms with van der Waals surface area (Å²) in [6.07, 6.45) is 0.807. The summed E-state index contributed by atoms with van der Waals surface area (Å²) in [7, 11) is 0. The normalized spacial score (nSPS) is 13.8. The van der Waals surface area contributed by atoms with E-state index in [1.54, 1.807) is 23.1 Å². The molecule has 4 nitrogen and oxygen atoms in total. The molecule has 4 heteroatoms. The van der Waals surface area contributed by atoms with Crippen LogP contribution in [-0.2, 0) is 6.42 Å². The topological polar surface area (TPSA) is 70.1 Å². The Morgan fingerprint density at radius 2 is 2.00 bits per heavy atom. The van der Waals surface area contributed by atoms with E-state index in [0.717, 1.165) is 17.5 Å². The van der Waals surface area contributed by atoms with E-state index in [9.17, 15) is 4.79 Å². The van der Waals surface area contributed by atoms with Gasteiger partial charge in [0.2, 0.25) is 0 Å². The zero-order chi connectivity index (χ0) is 14.1. The highest BCUT2D eigenvalue weighted by atomic mass is 16.2. The number of amides is 1. The lowest BCUT2D eigenvalue weighted by molar-refractivity contribution is 0.0981. The van der Waals surface area contributed by atoms with Crippen LogP contribution in [0.3, 0.4) is 0 Å². The Hall–Kier alpha value is -2.80. The van der Waals surface area contributed by atoms with Crippen molar-refractivity contribution in [2.24, 2.45) is 0 Å². The van der Waals surface area contributed by atoms with Gasteiger partial charge in [-0.2, -0.15) is 5.26 Å². The molecule has 2 aromatic rings. The number of carbonyl (C=O) groups excluding carboxylic acids is 1. The van der Waals surface area contributed by atoms with E-state index in [1.165, 1.54) is 0 Å². The van der Waals surface area contributed by atoms with Gasteiger partial charge in [0.1, 0.15) is 0 Å². The van der Waals surface area contributed by atoms with Gasteiger partial charge in [0.15, 0.2) is 0 Å². The molecule has 0 unspecified atom stereocenters. The van der Waals surface area contributed by atoms with E-state index >= 15 is 0 Å². The first-order chi connectivity index (χ1) is 9.70. The highest BCUT2D eigenvalue weighted by Gasteiger charge is 2.26. The Balaban J connectivity index is 2.01. The molecule has 2 aromatic carbocycles. The van der Waals surface area contributed by atoms with E-state index in [4.69, 9.17) is 11.0 Å². The molecule has 3 rings (SSSR count). The molecule has 0 aromatic heterocycles. The molecule has 0 saturated carbocycles. The van der Waals surface area contributed by atoms with Gasteiger partial charge in [-0.05, 0) is 36.2 Å². The van der Waals surface area contributed by atoms with Crippen molar-refractivity contribution in [2.75, 3.05) is 17.2 Å². The lowest BCUT2D eigenvalue weighted by Crippen LogP contribution is -2.38. The van der Waals surface area contributed by atoms with Gasteiger partial charge in [0.05, 0.1) is 23.0 Å². The maximum atomic E-state index is 12.5. The predicted molar refractivity (Wildman–Crippen MR) is 77.4 cm³/mol. The second-order valence-corrected chi connectivity index (χ2v) is 4.75. The molecule has 0 spiro atoms. The van der Waals surface area contributed by atoms with Crippen LogP contribution in [0.1, 0.15) is 21.5 Å². The van der Waals surface area contributed by atoms with Crippen molar-refractivity contribution in [3.8, 4) is 6.07 Å². The van der Waals surface area contributed by atoms with Crippen LogP contribution in [0.2, 0.25) is 0 Å². The fourth-order valence-corrected chi connectivity index (χ4v) is 2.53. The minimum atomic E-state index is -0.0387. The monoisotopic (exact) mass is 263 g/mol. The van der Waals surface area contributed by atoms with E-state index in [1.807, 2.05) is 30.3 Å². The molecule has 0 radical (unpaired) electrons. The second kappa shape index (κ2) is 4.71. The van der Waals surface area contributed by atoms with E-state index in [2.05, 4.69) is 0 Å². The molecule has 1 aliphatic rings. The summed E-state index contributed by atoms with van der Waals surface area (Å²) < 4.78 is 0. The molecule has 1 heterocycles. The Labute approximate surface area is 117 Å². The van der Waals surface area contributed by atoms with Crippen molar-refractivity contribution < 1.29 is 4.79 Å². The zero-order valence-corrected chi connectivity index (χ0v) is 10.8. The lowest BCUT2D eigenvalue weighted by atomic mass is 9.98. The average Bonchev–Trinajstić information content (AvgIpc) is 2.48. The standard InChI is InChI=1S/C16H13N3O/c17-10-11-5-6-15(14(18)9-11)19-8-7-12-3-1-2-4-13(12)16(19)20/h1-6,9H,7-8,18H2. The van der Waals surface area contributed by atoms with Gasteiger partial charge < -0.3 is 10.6 Å². The first-order valence-electron chi connectivity index (χ1n) is 6.40. The summed E-state index contributed by atoms with van der Waals surface area (Å²) in [6.45, 7) is 0.603. The summed E-state index contributed by atoms with van der Waals surface area (Å²) in [5.74, 6) is -0.0387. The van der Waals surface area contributed by atoms with E-state index in [0.29, 0.717) is 23.5 Å². The molecule has 0 fully saturated rings. The van der Waals surface area contributed by atoms with Gasteiger partial charge >= 0.3 is 0 Å². The molecule has 98 valence electrons. The third-order valence-corrected chi connectivity index (χ3v) is 3.55. The van der Waals surface area contributed by atoms with Crippen molar-refractivity contribution in [2.45, 2.75) is 6.42 Å². The molecule has 20 heavy (non-hydrogen) atoms. The second-order valence-electron chi connectivity index (χ2n) is 4.75. The minimum Gasteiger partial charge on any atom is -0.397 e. The summed E-state index contributed by atoms with van der Waals surface area (Å²) >= 11 is 0. The number of fused-ring (bicyclic) bond motifs is 1. The molecule has 0 aliphatic carbocycles. The van der Waals surface area contributed by atoms with Crippen molar-refractivity contribution in [1.82, 2.24) is 0 Å². The van der Waals surface area contributed by atoms with Gasteiger partial charge in [-0.1, -0.05) is 18.2 Å². The van der Waals surface area contributed by atoms with Gasteiger partial charge in [-0.15, -0.1) is 0 Å². The molecule has 1 amide bonds. The third-order valence-electron chi connectivity index (χ3n) is 3.55. The Morgan fingerprint density at radius 3 is 2.75 bits per heavy atom. The van der Waals surface area contributed by atoms with E-state index < -0.39 is 0 Å². The summed E-state index contributed by atoms with van der Waals surface area (Å²) in [5.41, 5.74) is 9.38. The van der Waals surface area contributed by atoms with E-state index in [-0.39, 0.29) is 5.91 Å². The molecule has 0 bridgehead atoms. The van der Waals surface area contributed by atoms with Crippen LogP contribution in [0.5, 0.6) is 0 Å². The highest BCUT2D eigenvalue weighted by molar-refractivity contribution is 6.09. The number of hydrogen-bond donors (Lipinski definition) is 1. The maximum absolute atomic E-state index is 12.5. The Morgan fingerprint density at radius 1 is 1.20 bits per heavy atom. The van der Waals surface area contributed by atoms with Crippen LogP contribution in [-0.4, -0.2) is 12.5 Å². The van der Waals surface area contributed by atoms with Gasteiger partial charge in [-0.3, -0.25) is 4.79 Å². The van der Waals surface area contributed by atoms with Gasteiger partial charge in [-0.25, -0.2) is 0 Å². The number of carbonyl (C=O) groups is 1. The van der Waals surface area contributed by atoms with Crippen LogP contribution >= 0.6 is 0 Å². The quantitative estimate of drug-likeness (QED) is 0.803. The number of nitrogens with two attached hydrogens (primary N) is 1.